The van der Waals surface area contributed by atoms with Gasteiger partial charge < -0.3 is 15.0 Å². The first-order valence-electron chi connectivity index (χ1n) is 6.93. The Hall–Kier alpha value is -1.82. The van der Waals surface area contributed by atoms with Crippen LogP contribution in [0.15, 0.2) is 18.2 Å². The summed E-state index contributed by atoms with van der Waals surface area (Å²) in [4.78, 5) is 13.7. The number of carbonyl (C=O) groups is 1. The minimum Gasteiger partial charge on any atom is -0.381 e. The van der Waals surface area contributed by atoms with E-state index in [-0.39, 0.29) is 5.91 Å². The van der Waals surface area contributed by atoms with E-state index in [0.717, 1.165) is 18.1 Å². The van der Waals surface area contributed by atoms with Crippen molar-refractivity contribution in [2.45, 2.75) is 26.9 Å². The zero-order valence-corrected chi connectivity index (χ0v) is 12.7. The van der Waals surface area contributed by atoms with Gasteiger partial charge in [0.2, 0.25) is 5.91 Å². The molecule has 2 rings (SSSR count). The molecule has 1 amide bonds. The van der Waals surface area contributed by atoms with Crippen LogP contribution < -0.4 is 5.32 Å². The maximum absolute atomic E-state index is 11.9. The molecule has 0 bridgehead atoms. The Kier molecular flexibility index (Phi) is 6.79. The molecule has 6 heteroatoms. The second-order valence-corrected chi connectivity index (χ2v) is 4.11. The highest BCUT2D eigenvalue weighted by atomic mass is 16.5. The standard InChI is InChI=1S/C12H18N4O2.C2H6/c1-13-11-8-10-9-15(5-6-16(10)14-11)12(17)4-3-7-18-2;1-2/h3-4,8H,5-7,9H2,1-2H3,(H,13,14);1-2H3/b4-3+;. The molecule has 1 aliphatic rings. The van der Waals surface area contributed by atoms with Gasteiger partial charge in [-0.3, -0.25) is 9.48 Å². The van der Waals surface area contributed by atoms with Crippen LogP contribution in [0.2, 0.25) is 0 Å². The number of nitrogens with zero attached hydrogens (tertiary/aromatic N) is 3. The molecule has 0 spiro atoms. The molecule has 0 atom stereocenters. The fourth-order valence-corrected chi connectivity index (χ4v) is 1.93. The predicted molar refractivity (Wildman–Crippen MR) is 79.6 cm³/mol. The van der Waals surface area contributed by atoms with Gasteiger partial charge in [0.05, 0.1) is 25.4 Å². The first kappa shape index (κ1) is 16.2. The molecule has 6 nitrogen and oxygen atoms in total. The molecule has 0 saturated heterocycles. The minimum atomic E-state index is 0.0190. The van der Waals surface area contributed by atoms with Gasteiger partial charge in [0.25, 0.3) is 0 Å². The second-order valence-electron chi connectivity index (χ2n) is 4.11. The van der Waals surface area contributed by atoms with Crippen molar-refractivity contribution >= 4 is 11.7 Å². The normalized spacial score (nSPS) is 13.7. The third-order valence-corrected chi connectivity index (χ3v) is 2.89. The highest BCUT2D eigenvalue weighted by Crippen LogP contribution is 2.16. The monoisotopic (exact) mass is 280 g/mol. The summed E-state index contributed by atoms with van der Waals surface area (Å²) in [6.45, 7) is 6.49. The third-order valence-electron chi connectivity index (χ3n) is 2.89. The van der Waals surface area contributed by atoms with Crippen LogP contribution in [0.4, 0.5) is 5.82 Å². The Bertz CT molecular complexity index is 454. The molecule has 1 N–H and O–H groups in total. The van der Waals surface area contributed by atoms with Crippen LogP contribution in [0.3, 0.4) is 0 Å². The number of carbonyl (C=O) groups excluding carboxylic acids is 1. The van der Waals surface area contributed by atoms with E-state index in [1.165, 1.54) is 0 Å². The Morgan fingerprint density at radius 3 is 2.90 bits per heavy atom. The van der Waals surface area contributed by atoms with Crippen LogP contribution in [0.5, 0.6) is 0 Å². The lowest BCUT2D eigenvalue weighted by Gasteiger charge is -2.26. The van der Waals surface area contributed by atoms with E-state index < -0.39 is 0 Å². The summed E-state index contributed by atoms with van der Waals surface area (Å²) in [5.41, 5.74) is 1.05. The summed E-state index contributed by atoms with van der Waals surface area (Å²) in [6.07, 6.45) is 3.29. The molecule has 2 heterocycles. The maximum Gasteiger partial charge on any atom is 0.246 e. The fraction of sp³-hybridized carbons (Fsp3) is 0.571. The number of nitrogens with one attached hydrogen (secondary N) is 1. The first-order chi connectivity index (χ1) is 9.74. The summed E-state index contributed by atoms with van der Waals surface area (Å²) in [5, 5.41) is 7.37. The van der Waals surface area contributed by atoms with E-state index in [9.17, 15) is 4.79 Å². The van der Waals surface area contributed by atoms with E-state index in [1.54, 1.807) is 19.3 Å². The molecule has 0 aromatic carbocycles. The number of rotatable bonds is 4. The molecular weight excluding hydrogens is 256 g/mol. The van der Waals surface area contributed by atoms with Gasteiger partial charge in [-0.2, -0.15) is 5.10 Å². The van der Waals surface area contributed by atoms with Crippen molar-refractivity contribution in [2.24, 2.45) is 0 Å². The molecule has 0 unspecified atom stereocenters. The number of amides is 1. The Labute approximate surface area is 120 Å². The van der Waals surface area contributed by atoms with Crippen LogP contribution >= 0.6 is 0 Å². The summed E-state index contributed by atoms with van der Waals surface area (Å²) >= 11 is 0. The van der Waals surface area contributed by atoms with Gasteiger partial charge in [0.1, 0.15) is 5.82 Å². The number of hydrogen-bond donors (Lipinski definition) is 1. The van der Waals surface area contributed by atoms with Crippen LogP contribution in [-0.2, 0) is 22.6 Å². The highest BCUT2D eigenvalue weighted by molar-refractivity contribution is 5.87. The summed E-state index contributed by atoms with van der Waals surface area (Å²) in [5.74, 6) is 0.861. The SMILES string of the molecule is CC.CNc1cc2n(n1)CCN(C(=O)/C=C/COC)C2. The van der Waals surface area contributed by atoms with Crippen molar-refractivity contribution in [1.82, 2.24) is 14.7 Å². The van der Waals surface area contributed by atoms with Crippen molar-refractivity contribution < 1.29 is 9.53 Å². The van der Waals surface area contributed by atoms with E-state index >= 15 is 0 Å². The summed E-state index contributed by atoms with van der Waals surface area (Å²) in [7, 11) is 3.44. The lowest BCUT2D eigenvalue weighted by Crippen LogP contribution is -2.37. The quantitative estimate of drug-likeness (QED) is 0.849. The molecule has 1 aliphatic heterocycles. The molecule has 1 aromatic rings. The van der Waals surface area contributed by atoms with Crippen molar-refractivity contribution in [2.75, 3.05) is 32.6 Å². The number of hydrogen-bond acceptors (Lipinski definition) is 4. The molecule has 20 heavy (non-hydrogen) atoms. The zero-order chi connectivity index (χ0) is 15.0. The minimum absolute atomic E-state index is 0.0190. The highest BCUT2D eigenvalue weighted by Gasteiger charge is 2.20. The Balaban J connectivity index is 0.000000956. The number of aromatic nitrogens is 2. The second kappa shape index (κ2) is 8.37. The molecule has 112 valence electrons. The van der Waals surface area contributed by atoms with Gasteiger partial charge >= 0.3 is 0 Å². The van der Waals surface area contributed by atoms with Crippen molar-refractivity contribution in [1.29, 1.82) is 0 Å². The third kappa shape index (κ3) is 4.09. The lowest BCUT2D eigenvalue weighted by atomic mass is 10.3. The molecule has 1 aromatic heterocycles. The van der Waals surface area contributed by atoms with Gasteiger partial charge in [-0.1, -0.05) is 19.9 Å². The topological polar surface area (TPSA) is 59.4 Å². The van der Waals surface area contributed by atoms with Crippen LogP contribution in [0.1, 0.15) is 19.5 Å². The number of anilines is 1. The predicted octanol–water partition coefficient (Wildman–Crippen LogP) is 1.50. The van der Waals surface area contributed by atoms with Crippen LogP contribution in [-0.4, -0.2) is 47.9 Å². The van der Waals surface area contributed by atoms with Gasteiger partial charge in [0.15, 0.2) is 0 Å². The molecule has 0 saturated carbocycles. The van der Waals surface area contributed by atoms with Gasteiger partial charge in [0, 0.05) is 32.8 Å². The van der Waals surface area contributed by atoms with Crippen LogP contribution in [0.25, 0.3) is 0 Å². The van der Waals surface area contributed by atoms with E-state index in [0.29, 0.717) is 19.7 Å². The molecule has 0 radical (unpaired) electrons. The van der Waals surface area contributed by atoms with Gasteiger partial charge in [-0.05, 0) is 0 Å². The van der Waals surface area contributed by atoms with Crippen molar-refractivity contribution in [3.8, 4) is 0 Å². The smallest absolute Gasteiger partial charge is 0.246 e. The Morgan fingerprint density at radius 1 is 1.50 bits per heavy atom. The van der Waals surface area contributed by atoms with E-state index in [1.807, 2.05) is 36.5 Å². The summed E-state index contributed by atoms with van der Waals surface area (Å²) < 4.78 is 6.81. The number of fused-ring (bicyclic) bond motifs is 1. The Morgan fingerprint density at radius 2 is 2.25 bits per heavy atom. The largest absolute Gasteiger partial charge is 0.381 e. The van der Waals surface area contributed by atoms with Crippen LogP contribution in [0, 0.1) is 0 Å². The number of methoxy groups -OCH3 is 1. The fourth-order valence-electron chi connectivity index (χ4n) is 1.93. The van der Waals surface area contributed by atoms with E-state index in [4.69, 9.17) is 4.74 Å². The van der Waals surface area contributed by atoms with E-state index in [2.05, 4.69) is 10.4 Å². The number of ether oxygens (including phenoxy) is 1. The average molecular weight is 280 g/mol. The van der Waals surface area contributed by atoms with Crippen molar-refractivity contribution in [3.63, 3.8) is 0 Å². The van der Waals surface area contributed by atoms with Crippen molar-refractivity contribution in [3.05, 3.63) is 23.9 Å². The molecule has 0 aliphatic carbocycles. The summed E-state index contributed by atoms with van der Waals surface area (Å²) in [6, 6.07) is 1.97. The van der Waals surface area contributed by atoms with Gasteiger partial charge in [-0.15, -0.1) is 0 Å². The zero-order valence-electron chi connectivity index (χ0n) is 12.7. The average Bonchev–Trinajstić information content (AvgIpc) is 2.91. The van der Waals surface area contributed by atoms with Gasteiger partial charge in [-0.25, -0.2) is 0 Å². The maximum atomic E-state index is 11.9. The molecule has 0 fully saturated rings. The molecular formula is C14H24N4O2. The lowest BCUT2D eigenvalue weighted by molar-refractivity contribution is -0.127. The first-order valence-corrected chi connectivity index (χ1v) is 6.93.